The first-order chi connectivity index (χ1) is 14.6. The van der Waals surface area contributed by atoms with E-state index in [1.165, 1.54) is 16.4 Å². The molecule has 1 saturated heterocycles. The van der Waals surface area contributed by atoms with Gasteiger partial charge in [0.2, 0.25) is 10.0 Å². The van der Waals surface area contributed by atoms with Crippen molar-refractivity contribution in [2.75, 3.05) is 39.3 Å². The second-order valence-electron chi connectivity index (χ2n) is 7.40. The van der Waals surface area contributed by atoms with Crippen molar-refractivity contribution in [3.63, 3.8) is 0 Å². The molecule has 0 unspecified atom stereocenters. The molecule has 2 aromatic rings. The summed E-state index contributed by atoms with van der Waals surface area (Å²) in [7, 11) is -3.60. The molecule has 3 rings (SSSR count). The third-order valence-electron chi connectivity index (χ3n) is 5.35. The molecule has 10 heteroatoms. The molecule has 8 nitrogen and oxygen atoms in total. The zero-order chi connectivity index (χ0) is 22.8. The average Bonchev–Trinajstić information content (AvgIpc) is 3.03. The molecule has 1 fully saturated rings. The van der Waals surface area contributed by atoms with Crippen LogP contribution in [0.4, 0.5) is 0 Å². The highest BCUT2D eigenvalue weighted by Gasteiger charge is 2.30. The van der Waals surface area contributed by atoms with Crippen LogP contribution in [0.5, 0.6) is 0 Å². The molecule has 0 atom stereocenters. The van der Waals surface area contributed by atoms with E-state index in [4.69, 9.17) is 16.3 Å². The number of hydrogen-bond donors (Lipinski definition) is 1. The highest BCUT2D eigenvalue weighted by molar-refractivity contribution is 7.89. The maximum Gasteiger partial charge on any atom is 0.340 e. The molecular formula is C21H26ClN3O5S. The van der Waals surface area contributed by atoms with E-state index in [9.17, 15) is 18.0 Å². The van der Waals surface area contributed by atoms with E-state index in [-0.39, 0.29) is 36.9 Å². The number of H-pyrrole nitrogens is 1. The molecule has 1 aromatic carbocycles. The lowest BCUT2D eigenvalue weighted by molar-refractivity contribution is 0.0525. The number of nitrogens with one attached hydrogen (secondary N) is 1. The van der Waals surface area contributed by atoms with Gasteiger partial charge in [-0.1, -0.05) is 11.6 Å². The quantitative estimate of drug-likeness (QED) is 0.496. The molecule has 2 heterocycles. The lowest BCUT2D eigenvalue weighted by Gasteiger charge is -2.33. The number of piperazine rings is 1. The third-order valence-corrected chi connectivity index (χ3v) is 7.51. The lowest BCUT2D eigenvalue weighted by atomic mass is 10.1. The van der Waals surface area contributed by atoms with Crippen molar-refractivity contribution in [1.82, 2.24) is 14.2 Å². The van der Waals surface area contributed by atoms with E-state index in [0.29, 0.717) is 40.6 Å². The first kappa shape index (κ1) is 23.5. The summed E-state index contributed by atoms with van der Waals surface area (Å²) in [6.45, 7) is 7.02. The number of sulfonamides is 1. The summed E-state index contributed by atoms with van der Waals surface area (Å²) >= 11 is 5.85. The second-order valence-corrected chi connectivity index (χ2v) is 9.78. The number of benzene rings is 1. The van der Waals surface area contributed by atoms with E-state index < -0.39 is 16.0 Å². The predicted octanol–water partition coefficient (Wildman–Crippen LogP) is 2.65. The Bertz CT molecular complexity index is 1070. The van der Waals surface area contributed by atoms with Gasteiger partial charge in [-0.25, -0.2) is 13.2 Å². The molecule has 1 N–H and O–H groups in total. The molecule has 0 radical (unpaired) electrons. The summed E-state index contributed by atoms with van der Waals surface area (Å²) in [5, 5.41) is 0.475. The minimum absolute atomic E-state index is 0.137. The number of ketones is 1. The highest BCUT2D eigenvalue weighted by atomic mass is 35.5. The molecule has 1 aromatic heterocycles. The summed E-state index contributed by atoms with van der Waals surface area (Å²) in [6, 6.07) is 6.08. The number of aromatic nitrogens is 1. The van der Waals surface area contributed by atoms with Crippen molar-refractivity contribution in [1.29, 1.82) is 0 Å². The fourth-order valence-electron chi connectivity index (χ4n) is 3.70. The number of halogens is 1. The van der Waals surface area contributed by atoms with Crippen LogP contribution in [-0.2, 0) is 14.8 Å². The Labute approximate surface area is 187 Å². The average molecular weight is 468 g/mol. The SMILES string of the molecule is CCOC(=O)c1c(C)[nH]c(C(=O)CN2CCN(S(=O)(=O)c3ccc(Cl)cc3)CC2)c1C. The van der Waals surface area contributed by atoms with Gasteiger partial charge in [-0.3, -0.25) is 9.69 Å². The van der Waals surface area contributed by atoms with Gasteiger partial charge >= 0.3 is 5.97 Å². The number of Topliss-reactive ketones (excluding diaryl/α,β-unsaturated/α-hetero) is 1. The van der Waals surface area contributed by atoms with Crippen LogP contribution in [0.3, 0.4) is 0 Å². The lowest BCUT2D eigenvalue weighted by Crippen LogP contribution is -2.49. The Hall–Kier alpha value is -2.20. The van der Waals surface area contributed by atoms with E-state index in [2.05, 4.69) is 4.98 Å². The number of carbonyl (C=O) groups is 2. The van der Waals surface area contributed by atoms with Gasteiger partial charge in [0, 0.05) is 36.9 Å². The van der Waals surface area contributed by atoms with Crippen molar-refractivity contribution in [3.8, 4) is 0 Å². The van der Waals surface area contributed by atoms with Gasteiger partial charge in [0.25, 0.3) is 0 Å². The molecule has 0 amide bonds. The molecule has 0 bridgehead atoms. The summed E-state index contributed by atoms with van der Waals surface area (Å²) in [5.74, 6) is -0.598. The fourth-order valence-corrected chi connectivity index (χ4v) is 5.25. The second kappa shape index (κ2) is 9.52. The largest absolute Gasteiger partial charge is 0.462 e. The molecule has 0 saturated carbocycles. The van der Waals surface area contributed by atoms with Gasteiger partial charge in [-0.15, -0.1) is 0 Å². The fraction of sp³-hybridized carbons (Fsp3) is 0.429. The summed E-state index contributed by atoms with van der Waals surface area (Å²) in [4.78, 5) is 30.1. The predicted molar refractivity (Wildman–Crippen MR) is 117 cm³/mol. The molecule has 168 valence electrons. The van der Waals surface area contributed by atoms with Gasteiger partial charge in [0.1, 0.15) is 0 Å². The van der Waals surface area contributed by atoms with Crippen LogP contribution in [0.1, 0.15) is 39.0 Å². The normalized spacial score (nSPS) is 15.7. The Morgan fingerprint density at radius 2 is 1.71 bits per heavy atom. The minimum atomic E-state index is -3.60. The first-order valence-electron chi connectivity index (χ1n) is 10.0. The van der Waals surface area contributed by atoms with Crippen LogP contribution in [-0.4, -0.2) is 73.7 Å². The topological polar surface area (TPSA) is 99.8 Å². The maximum atomic E-state index is 12.8. The van der Waals surface area contributed by atoms with E-state index >= 15 is 0 Å². The van der Waals surface area contributed by atoms with Gasteiger partial charge in [-0.2, -0.15) is 4.31 Å². The number of carbonyl (C=O) groups excluding carboxylic acids is 2. The molecule has 0 spiro atoms. The van der Waals surface area contributed by atoms with Crippen LogP contribution < -0.4 is 0 Å². The number of esters is 1. The van der Waals surface area contributed by atoms with Crippen LogP contribution in [0.2, 0.25) is 5.02 Å². The number of aryl methyl sites for hydroxylation is 1. The van der Waals surface area contributed by atoms with Crippen LogP contribution in [0, 0.1) is 13.8 Å². The van der Waals surface area contributed by atoms with Gasteiger partial charge < -0.3 is 9.72 Å². The Kier molecular flexibility index (Phi) is 7.20. The van der Waals surface area contributed by atoms with Gasteiger partial charge in [0.05, 0.1) is 29.3 Å². The number of aromatic amines is 1. The minimum Gasteiger partial charge on any atom is -0.462 e. The highest BCUT2D eigenvalue weighted by Crippen LogP contribution is 2.22. The summed E-state index contributed by atoms with van der Waals surface area (Å²) in [5.41, 5.74) is 1.95. The standard InChI is InChI=1S/C21H26ClN3O5S/c1-4-30-21(27)19-14(2)20(23-15(19)3)18(26)13-24-9-11-25(12-10-24)31(28,29)17-7-5-16(22)6-8-17/h5-8,23H,4,9-13H2,1-3H3. The summed E-state index contributed by atoms with van der Waals surface area (Å²) in [6.07, 6.45) is 0. The third kappa shape index (κ3) is 5.01. The zero-order valence-electron chi connectivity index (χ0n) is 17.8. The molecule has 1 aliphatic heterocycles. The monoisotopic (exact) mass is 467 g/mol. The summed E-state index contributed by atoms with van der Waals surface area (Å²) < 4.78 is 32.1. The molecular weight excluding hydrogens is 442 g/mol. The smallest absolute Gasteiger partial charge is 0.340 e. The van der Waals surface area contributed by atoms with Crippen LogP contribution in [0.15, 0.2) is 29.2 Å². The Balaban J connectivity index is 1.64. The van der Waals surface area contributed by atoms with Gasteiger partial charge in [-0.05, 0) is 50.6 Å². The number of nitrogens with zero attached hydrogens (tertiary/aromatic N) is 2. The van der Waals surface area contributed by atoms with Crippen LogP contribution in [0.25, 0.3) is 0 Å². The molecule has 0 aliphatic carbocycles. The maximum absolute atomic E-state index is 12.8. The molecule has 31 heavy (non-hydrogen) atoms. The van der Waals surface area contributed by atoms with E-state index in [1.807, 2.05) is 4.90 Å². The first-order valence-corrected chi connectivity index (χ1v) is 11.8. The zero-order valence-corrected chi connectivity index (χ0v) is 19.3. The van der Waals surface area contributed by atoms with Crippen molar-refractivity contribution in [3.05, 3.63) is 51.8 Å². The number of ether oxygens (including phenoxy) is 1. The number of rotatable bonds is 7. The van der Waals surface area contributed by atoms with Crippen molar-refractivity contribution in [2.45, 2.75) is 25.7 Å². The van der Waals surface area contributed by atoms with Gasteiger partial charge in [0.15, 0.2) is 5.78 Å². The molecule has 1 aliphatic rings. The number of hydrogen-bond acceptors (Lipinski definition) is 6. The van der Waals surface area contributed by atoms with Crippen molar-refractivity contribution < 1.29 is 22.7 Å². The van der Waals surface area contributed by atoms with E-state index in [0.717, 1.165) is 0 Å². The van der Waals surface area contributed by atoms with Crippen molar-refractivity contribution >= 4 is 33.4 Å². The Morgan fingerprint density at radius 3 is 2.29 bits per heavy atom. The van der Waals surface area contributed by atoms with Crippen LogP contribution >= 0.6 is 11.6 Å². The Morgan fingerprint density at radius 1 is 1.10 bits per heavy atom. The van der Waals surface area contributed by atoms with E-state index in [1.54, 1.807) is 32.9 Å². The van der Waals surface area contributed by atoms with Crippen molar-refractivity contribution in [2.24, 2.45) is 0 Å².